The molecule has 0 spiro atoms. The first kappa shape index (κ1) is 19.8. The van der Waals surface area contributed by atoms with E-state index in [0.717, 1.165) is 0 Å². The Labute approximate surface area is 101 Å². The summed E-state index contributed by atoms with van der Waals surface area (Å²) >= 11 is 10.7. The van der Waals surface area contributed by atoms with Crippen LogP contribution in [0.4, 0.5) is 0 Å². The van der Waals surface area contributed by atoms with Gasteiger partial charge in [-0.25, -0.2) is 10.2 Å². The van der Waals surface area contributed by atoms with Crippen molar-refractivity contribution < 1.29 is 4.57 Å². The van der Waals surface area contributed by atoms with Crippen molar-refractivity contribution in [3.05, 3.63) is 0 Å². The van der Waals surface area contributed by atoms with Gasteiger partial charge in [0.2, 0.25) is 0 Å². The number of nitrogens with one attached hydrogen (secondary N) is 2. The van der Waals surface area contributed by atoms with E-state index in [1.165, 1.54) is 0 Å². The lowest BCUT2D eigenvalue weighted by atomic mass is 10.8. The zero-order valence-corrected chi connectivity index (χ0v) is 10.9. The maximum atomic E-state index is 11.2. The second kappa shape index (κ2) is 11.3. The number of hydrogen-bond donors (Lipinski definition) is 3. The minimum absolute atomic E-state index is 0. The lowest BCUT2D eigenvalue weighted by Gasteiger charge is -2.13. The quantitative estimate of drug-likeness (QED) is 0.513. The SMILES string of the molecule is Cl.Cl.NP(=O)(NCCCl)NCCCl. The molecule has 0 aliphatic carbocycles. The summed E-state index contributed by atoms with van der Waals surface area (Å²) in [6.45, 7) is 0.842. The second-order valence-corrected chi connectivity index (χ2v) is 4.56. The lowest BCUT2D eigenvalue weighted by Crippen LogP contribution is -2.30. The minimum atomic E-state index is -2.89. The third kappa shape index (κ3) is 13.3. The van der Waals surface area contributed by atoms with Gasteiger partial charge in [0.05, 0.1) is 0 Å². The molecule has 4 nitrogen and oxygen atoms in total. The van der Waals surface area contributed by atoms with Gasteiger partial charge in [-0.3, -0.25) is 10.1 Å². The Kier molecular flexibility index (Phi) is 17.3. The molecule has 0 aromatic heterocycles. The normalized spacial score (nSPS) is 10.1. The number of hydrogen-bond acceptors (Lipinski definition) is 1. The molecule has 84 valence electrons. The molecule has 0 bridgehead atoms. The highest BCUT2D eigenvalue weighted by molar-refractivity contribution is 7.57. The summed E-state index contributed by atoms with van der Waals surface area (Å²) < 4.78 is 11.2. The molecule has 0 aromatic carbocycles. The summed E-state index contributed by atoms with van der Waals surface area (Å²) in [4.78, 5) is 0. The van der Waals surface area contributed by atoms with Crippen LogP contribution in [0.25, 0.3) is 0 Å². The van der Waals surface area contributed by atoms with Gasteiger partial charge < -0.3 is 0 Å². The molecular formula is C4H14Cl4N3OP. The Hall–Kier alpha value is 1.27. The minimum Gasteiger partial charge on any atom is -0.271 e. The first-order valence-electron chi connectivity index (χ1n) is 3.13. The standard InChI is InChI=1S/C4H12Cl2N3OP.2ClH/c5-1-3-8-11(7,10)9-4-2-6;;/h1-4H2,(H4,7,8,9,10);2*1H. The van der Waals surface area contributed by atoms with Crippen LogP contribution in [0.15, 0.2) is 0 Å². The van der Waals surface area contributed by atoms with E-state index in [0.29, 0.717) is 24.8 Å². The maximum absolute atomic E-state index is 11.2. The monoisotopic (exact) mass is 291 g/mol. The zero-order chi connectivity index (χ0) is 8.74. The van der Waals surface area contributed by atoms with E-state index in [1.54, 1.807) is 0 Å². The largest absolute Gasteiger partial charge is 0.276 e. The van der Waals surface area contributed by atoms with Gasteiger partial charge in [0, 0.05) is 24.8 Å². The number of alkyl halides is 2. The fraction of sp³-hybridized carbons (Fsp3) is 1.00. The molecule has 0 fully saturated rings. The highest BCUT2D eigenvalue weighted by Gasteiger charge is 2.11. The van der Waals surface area contributed by atoms with Crippen LogP contribution in [0.3, 0.4) is 0 Å². The fourth-order valence-corrected chi connectivity index (χ4v) is 1.92. The van der Waals surface area contributed by atoms with Crippen LogP contribution in [0, 0.1) is 0 Å². The second-order valence-electron chi connectivity index (χ2n) is 1.85. The lowest BCUT2D eigenvalue weighted by molar-refractivity contribution is 0.557. The highest BCUT2D eigenvalue weighted by atomic mass is 35.5. The van der Waals surface area contributed by atoms with E-state index in [1.807, 2.05) is 0 Å². The maximum Gasteiger partial charge on any atom is 0.276 e. The molecule has 0 radical (unpaired) electrons. The molecule has 0 aromatic rings. The van der Waals surface area contributed by atoms with Gasteiger partial charge in [-0.05, 0) is 0 Å². The van der Waals surface area contributed by atoms with Crippen molar-refractivity contribution in [1.29, 1.82) is 0 Å². The predicted octanol–water partition coefficient (Wildman–Crippen LogP) is 1.55. The summed E-state index contributed by atoms with van der Waals surface area (Å²) in [6, 6.07) is 0. The highest BCUT2D eigenvalue weighted by Crippen LogP contribution is 2.22. The molecule has 0 unspecified atom stereocenters. The van der Waals surface area contributed by atoms with E-state index in [9.17, 15) is 4.57 Å². The summed E-state index contributed by atoms with van der Waals surface area (Å²) in [7, 11) is -2.89. The van der Waals surface area contributed by atoms with Crippen LogP contribution in [-0.4, -0.2) is 24.8 Å². The van der Waals surface area contributed by atoms with Crippen molar-refractivity contribution in [2.75, 3.05) is 24.8 Å². The average Bonchev–Trinajstić information content (AvgIpc) is 1.97. The van der Waals surface area contributed by atoms with E-state index in [4.69, 9.17) is 28.7 Å². The smallest absolute Gasteiger partial charge is 0.271 e. The Morgan fingerprint density at radius 1 is 1.08 bits per heavy atom. The molecule has 4 N–H and O–H groups in total. The molecule has 0 saturated heterocycles. The van der Waals surface area contributed by atoms with Crippen molar-refractivity contribution >= 4 is 55.6 Å². The molecule has 0 aliphatic rings. The molecule has 0 heterocycles. The average molecular weight is 293 g/mol. The summed E-state index contributed by atoms with van der Waals surface area (Å²) in [5, 5.41) is 5.15. The molecule has 9 heteroatoms. The third-order valence-corrected chi connectivity index (χ3v) is 2.65. The summed E-state index contributed by atoms with van der Waals surface area (Å²) in [5.41, 5.74) is 5.30. The van der Waals surface area contributed by atoms with Crippen LogP contribution in [0.2, 0.25) is 0 Å². The summed E-state index contributed by atoms with van der Waals surface area (Å²) in [5.74, 6) is 0.757. The molecule has 0 amide bonds. The zero-order valence-electron chi connectivity index (χ0n) is 6.83. The van der Waals surface area contributed by atoms with Gasteiger partial charge in [-0.15, -0.1) is 48.0 Å². The number of rotatable bonds is 6. The molecular weight excluding hydrogens is 279 g/mol. The van der Waals surface area contributed by atoms with Crippen LogP contribution in [0.5, 0.6) is 0 Å². The number of nitrogens with two attached hydrogens (primary N) is 1. The summed E-state index contributed by atoms with van der Waals surface area (Å²) in [6.07, 6.45) is 0. The van der Waals surface area contributed by atoms with E-state index < -0.39 is 7.59 Å². The molecule has 0 atom stereocenters. The topological polar surface area (TPSA) is 67.2 Å². The first-order chi connectivity index (χ1) is 5.12. The van der Waals surface area contributed by atoms with Crippen molar-refractivity contribution in [2.45, 2.75) is 0 Å². The Morgan fingerprint density at radius 2 is 1.38 bits per heavy atom. The fourth-order valence-electron chi connectivity index (χ4n) is 0.473. The molecule has 0 saturated carbocycles. The van der Waals surface area contributed by atoms with Crippen LogP contribution < -0.4 is 15.7 Å². The Balaban J connectivity index is -0.000000500. The van der Waals surface area contributed by atoms with E-state index >= 15 is 0 Å². The molecule has 0 aliphatic heterocycles. The van der Waals surface area contributed by atoms with Crippen molar-refractivity contribution in [3.63, 3.8) is 0 Å². The van der Waals surface area contributed by atoms with Crippen LogP contribution in [-0.2, 0) is 4.57 Å². The molecule has 13 heavy (non-hydrogen) atoms. The van der Waals surface area contributed by atoms with Gasteiger partial charge in [0.1, 0.15) is 0 Å². The Morgan fingerprint density at radius 3 is 1.62 bits per heavy atom. The van der Waals surface area contributed by atoms with Gasteiger partial charge in [0.15, 0.2) is 0 Å². The van der Waals surface area contributed by atoms with Crippen molar-refractivity contribution in [2.24, 2.45) is 5.50 Å². The third-order valence-electron chi connectivity index (χ3n) is 0.882. The first-order valence-corrected chi connectivity index (χ1v) is 5.97. The van der Waals surface area contributed by atoms with Crippen molar-refractivity contribution in [1.82, 2.24) is 10.2 Å². The van der Waals surface area contributed by atoms with Crippen molar-refractivity contribution in [3.8, 4) is 0 Å². The van der Waals surface area contributed by atoms with Gasteiger partial charge in [-0.1, -0.05) is 0 Å². The van der Waals surface area contributed by atoms with Gasteiger partial charge >= 0.3 is 0 Å². The van der Waals surface area contributed by atoms with Crippen LogP contribution in [0.1, 0.15) is 0 Å². The Bertz CT molecular complexity index is 137. The predicted molar refractivity (Wildman–Crippen MR) is 63.7 cm³/mol. The van der Waals surface area contributed by atoms with Gasteiger partial charge in [-0.2, -0.15) is 0 Å². The van der Waals surface area contributed by atoms with E-state index in [-0.39, 0.29) is 24.8 Å². The van der Waals surface area contributed by atoms with Gasteiger partial charge in [0.25, 0.3) is 7.59 Å². The molecule has 0 rings (SSSR count). The van der Waals surface area contributed by atoms with E-state index in [2.05, 4.69) is 10.2 Å². The van der Waals surface area contributed by atoms with Crippen LogP contribution >= 0.6 is 55.6 Å². The number of halogens is 4.